The fourth-order valence-corrected chi connectivity index (χ4v) is 4.27. The van der Waals surface area contributed by atoms with E-state index < -0.39 is 15.1 Å². The summed E-state index contributed by atoms with van der Waals surface area (Å²) in [5.74, 6) is -0.510. The molecule has 1 amide bonds. The van der Waals surface area contributed by atoms with Gasteiger partial charge in [0.15, 0.2) is 0 Å². The number of carbonyl (C=O) groups is 1. The van der Waals surface area contributed by atoms with Gasteiger partial charge in [-0.1, -0.05) is 30.3 Å². The second-order valence-electron chi connectivity index (χ2n) is 6.24. The maximum absolute atomic E-state index is 12.4. The molecule has 0 aromatic heterocycles. The Morgan fingerprint density at radius 2 is 1.96 bits per heavy atom. The summed E-state index contributed by atoms with van der Waals surface area (Å²) in [5, 5.41) is 0. The third-order valence-corrected chi connectivity index (χ3v) is 5.29. The highest BCUT2D eigenvalue weighted by Gasteiger charge is 2.33. The number of ether oxygens (including phenoxy) is 3. The topological polar surface area (TPSA) is 82.1 Å². The smallest absolute Gasteiger partial charge is 0.410 e. The molecule has 1 saturated heterocycles. The number of hydrogen-bond donors (Lipinski definition) is 0. The van der Waals surface area contributed by atoms with E-state index in [0.717, 1.165) is 5.56 Å². The van der Waals surface area contributed by atoms with Gasteiger partial charge in [0.2, 0.25) is 9.05 Å². The van der Waals surface area contributed by atoms with E-state index in [2.05, 4.69) is 0 Å². The molecule has 1 aliphatic heterocycles. The first-order valence-electron chi connectivity index (χ1n) is 8.36. The molecule has 2 atom stereocenters. The van der Waals surface area contributed by atoms with Gasteiger partial charge >= 0.3 is 6.09 Å². The summed E-state index contributed by atoms with van der Waals surface area (Å²) in [6.45, 7) is 1.56. The number of piperidine rings is 1. The number of halogens is 1. The lowest BCUT2D eigenvalue weighted by Crippen LogP contribution is -2.48. The van der Waals surface area contributed by atoms with Gasteiger partial charge in [-0.2, -0.15) is 0 Å². The van der Waals surface area contributed by atoms with Crippen molar-refractivity contribution in [2.24, 2.45) is 5.92 Å². The van der Waals surface area contributed by atoms with Crippen LogP contribution in [0.25, 0.3) is 0 Å². The standard InChI is InChI=1S/C17H24ClNO6S/c1-23-7-8-24-16-9-15(13-26(18,21)22)10-19(11-16)17(20)25-12-14-5-3-2-4-6-14/h2-6,15-16H,7-13H2,1H3. The zero-order valence-electron chi connectivity index (χ0n) is 14.7. The number of hydrogen-bond acceptors (Lipinski definition) is 6. The van der Waals surface area contributed by atoms with Gasteiger partial charge in [-0.3, -0.25) is 0 Å². The first-order valence-corrected chi connectivity index (χ1v) is 10.8. The molecule has 146 valence electrons. The largest absolute Gasteiger partial charge is 0.445 e. The fraction of sp³-hybridized carbons (Fsp3) is 0.588. The molecule has 2 rings (SSSR count). The molecule has 1 aliphatic rings. The van der Waals surface area contributed by atoms with Gasteiger partial charge in [-0.25, -0.2) is 13.2 Å². The predicted octanol–water partition coefficient (Wildman–Crippen LogP) is 2.25. The minimum absolute atomic E-state index is 0.157. The van der Waals surface area contributed by atoms with E-state index in [4.69, 9.17) is 24.9 Å². The van der Waals surface area contributed by atoms with Gasteiger partial charge in [0.05, 0.1) is 31.6 Å². The van der Waals surface area contributed by atoms with Gasteiger partial charge in [-0.15, -0.1) is 0 Å². The average Bonchev–Trinajstić information content (AvgIpc) is 2.59. The van der Waals surface area contributed by atoms with E-state index in [1.54, 1.807) is 7.11 Å². The summed E-state index contributed by atoms with van der Waals surface area (Å²) in [5.41, 5.74) is 0.880. The highest BCUT2D eigenvalue weighted by atomic mass is 35.7. The number of rotatable bonds is 8. The van der Waals surface area contributed by atoms with Crippen molar-refractivity contribution in [2.45, 2.75) is 19.1 Å². The van der Waals surface area contributed by atoms with Crippen LogP contribution >= 0.6 is 10.7 Å². The van der Waals surface area contributed by atoms with E-state index in [1.165, 1.54) is 4.90 Å². The van der Waals surface area contributed by atoms with Crippen LogP contribution in [0.2, 0.25) is 0 Å². The summed E-state index contributed by atoms with van der Waals surface area (Å²) in [6, 6.07) is 9.34. The molecule has 0 aliphatic carbocycles. The molecule has 1 fully saturated rings. The quantitative estimate of drug-likeness (QED) is 0.487. The monoisotopic (exact) mass is 405 g/mol. The molecule has 0 radical (unpaired) electrons. The van der Waals surface area contributed by atoms with Crippen LogP contribution in [0.5, 0.6) is 0 Å². The van der Waals surface area contributed by atoms with E-state index in [0.29, 0.717) is 26.2 Å². The summed E-state index contributed by atoms with van der Waals surface area (Å²) in [7, 11) is 3.29. The number of nitrogens with zero attached hydrogens (tertiary/aromatic N) is 1. The fourth-order valence-electron chi connectivity index (χ4n) is 2.93. The Hall–Kier alpha value is -1.35. The number of methoxy groups -OCH3 is 1. The third-order valence-electron chi connectivity index (χ3n) is 4.04. The van der Waals surface area contributed by atoms with Crippen molar-refractivity contribution in [1.82, 2.24) is 4.90 Å². The second-order valence-corrected chi connectivity index (χ2v) is 9.06. The predicted molar refractivity (Wildman–Crippen MR) is 97.6 cm³/mol. The summed E-state index contributed by atoms with van der Waals surface area (Å²) >= 11 is 0. The Morgan fingerprint density at radius 1 is 1.23 bits per heavy atom. The Balaban J connectivity index is 1.95. The number of benzene rings is 1. The number of likely N-dealkylation sites (tertiary alicyclic amines) is 1. The summed E-state index contributed by atoms with van der Waals surface area (Å²) in [6.07, 6.45) is -0.268. The van der Waals surface area contributed by atoms with Crippen LogP contribution in [-0.4, -0.2) is 64.7 Å². The molecular formula is C17H24ClNO6S. The minimum atomic E-state index is -3.66. The van der Waals surface area contributed by atoms with Crippen molar-refractivity contribution in [1.29, 1.82) is 0 Å². The van der Waals surface area contributed by atoms with Gasteiger partial charge < -0.3 is 19.1 Å². The van der Waals surface area contributed by atoms with Gasteiger partial charge in [-0.05, 0) is 17.9 Å². The van der Waals surface area contributed by atoms with Crippen LogP contribution in [-0.2, 0) is 29.9 Å². The molecule has 0 N–H and O–H groups in total. The lowest BCUT2D eigenvalue weighted by molar-refractivity contribution is -0.0327. The van der Waals surface area contributed by atoms with E-state index in [-0.39, 0.29) is 30.9 Å². The van der Waals surface area contributed by atoms with Crippen molar-refractivity contribution < 1.29 is 27.4 Å². The lowest BCUT2D eigenvalue weighted by Gasteiger charge is -2.36. The zero-order valence-corrected chi connectivity index (χ0v) is 16.2. The number of amides is 1. The Kier molecular flexibility index (Phi) is 8.15. The van der Waals surface area contributed by atoms with Crippen molar-refractivity contribution in [2.75, 3.05) is 39.2 Å². The molecule has 1 aromatic carbocycles. The summed E-state index contributed by atoms with van der Waals surface area (Å²) in [4.78, 5) is 13.9. The highest BCUT2D eigenvalue weighted by molar-refractivity contribution is 8.13. The van der Waals surface area contributed by atoms with Gasteiger partial charge in [0, 0.05) is 24.3 Å². The van der Waals surface area contributed by atoms with E-state index in [9.17, 15) is 13.2 Å². The molecule has 7 nitrogen and oxygen atoms in total. The summed E-state index contributed by atoms with van der Waals surface area (Å²) < 4.78 is 38.8. The molecule has 0 spiro atoms. The van der Waals surface area contributed by atoms with E-state index >= 15 is 0 Å². The first-order chi connectivity index (χ1) is 12.4. The zero-order chi connectivity index (χ0) is 19.0. The van der Waals surface area contributed by atoms with Crippen molar-refractivity contribution in [3.05, 3.63) is 35.9 Å². The van der Waals surface area contributed by atoms with E-state index in [1.807, 2.05) is 30.3 Å². The van der Waals surface area contributed by atoms with Crippen molar-refractivity contribution in [3.63, 3.8) is 0 Å². The van der Waals surface area contributed by atoms with Gasteiger partial charge in [0.25, 0.3) is 0 Å². The molecule has 0 bridgehead atoms. The Morgan fingerprint density at radius 3 is 2.62 bits per heavy atom. The Bertz CT molecular complexity index is 669. The Labute approximate surface area is 158 Å². The van der Waals surface area contributed by atoms with Crippen LogP contribution < -0.4 is 0 Å². The van der Waals surface area contributed by atoms with Crippen LogP contribution in [0.15, 0.2) is 30.3 Å². The maximum atomic E-state index is 12.4. The molecule has 1 heterocycles. The number of carbonyl (C=O) groups excluding carboxylic acids is 1. The molecule has 2 unspecified atom stereocenters. The van der Waals surface area contributed by atoms with Crippen LogP contribution in [0.1, 0.15) is 12.0 Å². The molecule has 1 aromatic rings. The molecular weight excluding hydrogens is 382 g/mol. The normalized spacial score (nSPS) is 20.8. The van der Waals surface area contributed by atoms with Crippen LogP contribution in [0.3, 0.4) is 0 Å². The molecule has 9 heteroatoms. The third kappa shape index (κ3) is 7.49. The molecule has 26 heavy (non-hydrogen) atoms. The lowest BCUT2D eigenvalue weighted by atomic mass is 9.98. The first kappa shape index (κ1) is 21.0. The van der Waals surface area contributed by atoms with Crippen LogP contribution in [0, 0.1) is 5.92 Å². The van der Waals surface area contributed by atoms with Crippen LogP contribution in [0.4, 0.5) is 4.79 Å². The average molecular weight is 406 g/mol. The van der Waals surface area contributed by atoms with Crippen molar-refractivity contribution in [3.8, 4) is 0 Å². The molecule has 0 saturated carbocycles. The highest BCUT2D eigenvalue weighted by Crippen LogP contribution is 2.23. The second kappa shape index (κ2) is 10.1. The maximum Gasteiger partial charge on any atom is 0.410 e. The van der Waals surface area contributed by atoms with Gasteiger partial charge in [0.1, 0.15) is 6.61 Å². The SMILES string of the molecule is COCCOC1CC(CS(=O)(=O)Cl)CN(C(=O)OCc2ccccc2)C1. The van der Waals surface area contributed by atoms with Crippen molar-refractivity contribution >= 4 is 25.8 Å². The minimum Gasteiger partial charge on any atom is -0.445 e.